The molecule has 12 rings (SSSR count). The fourth-order valence-electron chi connectivity index (χ4n) is 20.3. The van der Waals surface area contributed by atoms with Crippen molar-refractivity contribution >= 4 is 5.97 Å². The molecule has 37 heteroatoms. The number of hydrogen-bond acceptors (Lipinski definition) is 37. The number of allylic oxidation sites excluding steroid dienone is 2. The van der Waals surface area contributed by atoms with Crippen LogP contribution in [0.3, 0.4) is 0 Å². The van der Waals surface area contributed by atoms with Crippen LogP contribution in [-0.2, 0) is 71.1 Å². The fourth-order valence-corrected chi connectivity index (χ4v) is 20.3. The van der Waals surface area contributed by atoms with Crippen molar-refractivity contribution in [1.82, 2.24) is 0 Å². The molecule has 7 aliphatic heterocycles. The Morgan fingerprint density at radius 2 is 1.08 bits per heavy atom. The van der Waals surface area contributed by atoms with Gasteiger partial charge < -0.3 is 179 Å². The number of rotatable bonds is 18. The molecule has 4 saturated carbocycles. The highest BCUT2D eigenvalue weighted by molar-refractivity contribution is 5.80. The van der Waals surface area contributed by atoms with E-state index < -0.39 is 317 Å². The SMILES string of the molecule is C[C@@H]1O[C@@H](O[C@@H]2[C@@H](O)[C@H](O[C@@H]3[C@@H](O)[C@@H](O[C@@H]4OC[C@](O)(CO)[C@H]4O)[C@H](O[C@@H]4[C@H](OC(=O)[C@]56CCC(C)(C)C[C@H]5C5=CC[C@@H]7[C@@]8(C)C[C@H](O)[C@H](O[C@@H]9O[C@H](CO[C@@H]%10O[C@H](CO)[C@@H](O)[C@H](O)[C@H]%10O)[C@@H](O)[C@H](O)[C@H]9O)[C@@](C)(CO)[C@@H]8[C@H](O)C[C@@]7(C)[C@]5(C)C[C@H]6O)OC[C@@H](O)[C@H]4O)O[C@H]3C)OC[C@H]2O)[C@H](O)[C@H](O)[C@H]1O. The van der Waals surface area contributed by atoms with Crippen LogP contribution in [0.4, 0.5) is 0 Å². The first-order valence-electron chi connectivity index (χ1n) is 36.7. The van der Waals surface area contributed by atoms with Crippen LogP contribution in [0, 0.1) is 50.2 Å². The highest BCUT2D eigenvalue weighted by atomic mass is 16.8. The van der Waals surface area contributed by atoms with E-state index in [1.807, 2.05) is 34.6 Å². The molecule has 7 saturated heterocycles. The quantitative estimate of drug-likeness (QED) is 0.0344. The van der Waals surface area contributed by atoms with E-state index in [0.29, 0.717) is 19.3 Å². The van der Waals surface area contributed by atoms with Gasteiger partial charge in [-0.15, -0.1) is 0 Å². The van der Waals surface area contributed by atoms with Crippen LogP contribution >= 0.6 is 0 Å². The lowest BCUT2D eigenvalue weighted by atomic mass is 9.32. The molecule has 37 nitrogen and oxygen atoms in total. The number of esters is 1. The van der Waals surface area contributed by atoms with Crippen LogP contribution in [0.15, 0.2) is 11.6 Å². The molecule has 11 fully saturated rings. The third-order valence-corrected chi connectivity index (χ3v) is 26.6. The topological polar surface area (TPSA) is 591 Å². The van der Waals surface area contributed by atoms with E-state index in [9.17, 15) is 112 Å². The summed E-state index contributed by atoms with van der Waals surface area (Å²) in [7, 11) is 0. The molecular formula is C69H112O37. The first-order chi connectivity index (χ1) is 49.6. The zero-order valence-electron chi connectivity index (χ0n) is 60.3. The number of carbonyl (C=O) groups is 1. The molecule has 0 unspecified atom stereocenters. The molecule has 0 aromatic heterocycles. The second-order valence-electron chi connectivity index (χ2n) is 33.8. The largest absolute Gasteiger partial charge is 0.432 e. The zero-order chi connectivity index (χ0) is 77.5. The summed E-state index contributed by atoms with van der Waals surface area (Å²) in [5.74, 6) is -3.07. The van der Waals surface area contributed by atoms with Crippen LogP contribution in [0.2, 0.25) is 0 Å². The normalized spacial score (nSPS) is 56.1. The van der Waals surface area contributed by atoms with Gasteiger partial charge in [0.1, 0.15) is 133 Å². The van der Waals surface area contributed by atoms with E-state index in [2.05, 4.69) is 6.08 Å². The molecule has 5 aliphatic carbocycles. The summed E-state index contributed by atoms with van der Waals surface area (Å²) >= 11 is 0. The average molecular weight is 1530 g/mol. The standard InChI is InChI=1S/C69H112O37/c1-24-36(78)40(82)44(86)57(97-24)102-49-31(76)19-93-56(47(49)89)101-48-25(2)98-60(51(46(48)88)104-61-53(90)68(92,22-72)23-96-61)103-50-37(79)30(75)18-94-59(50)106-62(91)69-12-11-63(3,4)13-27(69)26-9-10-34-64(5)14-29(74)54(65(6,21-71)52(64)28(73)15-67(34,8)66(26,7)16-35(69)77)105-58-45(87)42(84)39(81)33(100-58)20-95-55-43(85)41(83)38(80)32(17-70)99-55/h9,24-25,27-61,70-90,92H,10-23H2,1-8H3/t24-,25-,27-,28+,29-,30+,31+,32+,33+,34+,35+,36-,37+,38+,39+,40+,41-,42-,43+,44+,45+,46+,47+,48-,49-,50-,51+,52+,53-,54-,55+,56-,57-,58-,59-,60-,61-,64+,65-,66+,67+,68+,69+/m0/s1. The monoisotopic (exact) mass is 1530 g/mol. The highest BCUT2D eigenvalue weighted by Gasteiger charge is 2.75. The van der Waals surface area contributed by atoms with Gasteiger partial charge in [-0.05, 0) is 92.3 Å². The average Bonchev–Trinajstić information content (AvgIpc) is 0.749. The second kappa shape index (κ2) is 30.9. The summed E-state index contributed by atoms with van der Waals surface area (Å²) in [5.41, 5.74) is -8.33. The Balaban J connectivity index is 0.784. The summed E-state index contributed by atoms with van der Waals surface area (Å²) in [6.07, 6.45) is -55.6. The Kier molecular flexibility index (Phi) is 24.2. The lowest BCUT2D eigenvalue weighted by Gasteiger charge is -2.73. The summed E-state index contributed by atoms with van der Waals surface area (Å²) in [6.45, 7) is 9.26. The highest BCUT2D eigenvalue weighted by Crippen LogP contribution is 2.76. The summed E-state index contributed by atoms with van der Waals surface area (Å²) in [4.78, 5) is 15.9. The molecule has 22 N–H and O–H groups in total. The lowest BCUT2D eigenvalue weighted by molar-refractivity contribution is -0.388. The van der Waals surface area contributed by atoms with Crippen molar-refractivity contribution in [2.45, 2.75) is 315 Å². The van der Waals surface area contributed by atoms with Gasteiger partial charge in [0, 0.05) is 11.3 Å². The van der Waals surface area contributed by atoms with Crippen LogP contribution in [0.25, 0.3) is 0 Å². The van der Waals surface area contributed by atoms with Gasteiger partial charge in [0.25, 0.3) is 0 Å². The molecule has 106 heavy (non-hydrogen) atoms. The summed E-state index contributed by atoms with van der Waals surface area (Å²) in [5, 5.41) is 247. The maximum atomic E-state index is 15.9. The van der Waals surface area contributed by atoms with Gasteiger partial charge in [-0.1, -0.05) is 53.2 Å². The van der Waals surface area contributed by atoms with Crippen molar-refractivity contribution in [1.29, 1.82) is 0 Å². The Labute approximate surface area is 610 Å². The van der Waals surface area contributed by atoms with Crippen molar-refractivity contribution in [3.63, 3.8) is 0 Å². The van der Waals surface area contributed by atoms with Crippen molar-refractivity contribution in [2.24, 2.45) is 50.2 Å². The number of aliphatic hydroxyl groups excluding tert-OH is 21. The lowest BCUT2D eigenvalue weighted by Crippen LogP contribution is -2.73. The van der Waals surface area contributed by atoms with E-state index in [0.717, 1.165) is 5.57 Å². The Bertz CT molecular complexity index is 3050. The van der Waals surface area contributed by atoms with Crippen molar-refractivity contribution < 1.29 is 183 Å². The first kappa shape index (κ1) is 83.2. The fraction of sp³-hybridized carbons (Fsp3) is 0.957. The van der Waals surface area contributed by atoms with Gasteiger partial charge in [-0.25, -0.2) is 0 Å². The first-order valence-corrected chi connectivity index (χ1v) is 36.7. The number of aliphatic hydroxyl groups is 22. The molecule has 0 amide bonds. The molecule has 0 spiro atoms. The molecule has 0 radical (unpaired) electrons. The van der Waals surface area contributed by atoms with Gasteiger partial charge in [0.05, 0.1) is 82.9 Å². The Hall–Kier alpha value is -2.19. The second-order valence-corrected chi connectivity index (χ2v) is 33.8. The number of carbonyl (C=O) groups excluding carboxylic acids is 1. The number of fused-ring (bicyclic) bond motifs is 7. The molecule has 610 valence electrons. The van der Waals surface area contributed by atoms with E-state index in [4.69, 9.17) is 66.3 Å². The molecule has 12 aliphatic rings. The van der Waals surface area contributed by atoms with E-state index in [1.165, 1.54) is 13.8 Å². The molecule has 43 atom stereocenters. The molecule has 7 heterocycles. The van der Waals surface area contributed by atoms with Crippen molar-refractivity contribution in [3.8, 4) is 0 Å². The summed E-state index contributed by atoms with van der Waals surface area (Å²) < 4.78 is 83.3. The van der Waals surface area contributed by atoms with Crippen molar-refractivity contribution in [3.05, 3.63) is 11.6 Å². The maximum absolute atomic E-state index is 15.9. The van der Waals surface area contributed by atoms with Crippen LogP contribution in [0.1, 0.15) is 100 Å². The van der Waals surface area contributed by atoms with Crippen LogP contribution in [0.5, 0.6) is 0 Å². The molecule has 0 aromatic rings. The minimum Gasteiger partial charge on any atom is -0.432 e. The molecule has 0 aromatic carbocycles. The van der Waals surface area contributed by atoms with Gasteiger partial charge in [0.15, 0.2) is 43.8 Å². The number of hydrogen-bond donors (Lipinski definition) is 22. The third kappa shape index (κ3) is 14.0. The smallest absolute Gasteiger partial charge is 0.317 e. The van der Waals surface area contributed by atoms with Gasteiger partial charge >= 0.3 is 5.97 Å². The zero-order valence-corrected chi connectivity index (χ0v) is 60.3. The summed E-state index contributed by atoms with van der Waals surface area (Å²) in [6, 6.07) is 0. The Morgan fingerprint density at radius 3 is 1.73 bits per heavy atom. The Morgan fingerprint density at radius 1 is 0.500 bits per heavy atom. The van der Waals surface area contributed by atoms with Crippen LogP contribution in [-0.4, -0.2) is 379 Å². The predicted molar refractivity (Wildman–Crippen MR) is 345 cm³/mol. The van der Waals surface area contributed by atoms with E-state index >= 15 is 4.79 Å². The minimum atomic E-state index is -2.29. The third-order valence-electron chi connectivity index (χ3n) is 26.6. The van der Waals surface area contributed by atoms with Crippen molar-refractivity contribution in [2.75, 3.05) is 46.2 Å². The van der Waals surface area contributed by atoms with Gasteiger partial charge in [0.2, 0.25) is 6.29 Å². The van der Waals surface area contributed by atoms with E-state index in [1.54, 1.807) is 6.92 Å². The maximum Gasteiger partial charge on any atom is 0.317 e. The van der Waals surface area contributed by atoms with Gasteiger partial charge in [-0.3, -0.25) is 4.79 Å². The minimum absolute atomic E-state index is 0.0451. The van der Waals surface area contributed by atoms with Crippen LogP contribution < -0.4 is 0 Å². The predicted octanol–water partition coefficient (Wildman–Crippen LogP) is -8.70. The molecule has 0 bridgehead atoms. The molecular weight excluding hydrogens is 1420 g/mol. The van der Waals surface area contributed by atoms with E-state index in [-0.39, 0.29) is 25.7 Å². The van der Waals surface area contributed by atoms with Gasteiger partial charge in [-0.2, -0.15) is 0 Å². The number of ether oxygens (including phenoxy) is 14.